The second-order valence-corrected chi connectivity index (χ2v) is 16.2. The molecule has 0 bridgehead atoms. The molecule has 0 aliphatic carbocycles. The van der Waals surface area contributed by atoms with Crippen LogP contribution in [0.1, 0.15) is 57.9 Å². The Morgan fingerprint density at radius 1 is 1.00 bits per heavy atom. The lowest BCUT2D eigenvalue weighted by Gasteiger charge is -2.34. The van der Waals surface area contributed by atoms with Crippen LogP contribution in [0.5, 0.6) is 11.5 Å². The van der Waals surface area contributed by atoms with Gasteiger partial charge >= 0.3 is 15.2 Å². The SMILES string of the molecule is CCCCCCCC[S+]([O-])C(C)Cc1ccc2c(c1)OCO2.O=P(O)(O)C(N1CCSCC1)P(=O)(O)O. The first-order valence-corrected chi connectivity index (χ1v) is 18.5. The lowest BCUT2D eigenvalue weighted by atomic mass is 10.1. The Morgan fingerprint density at radius 3 is 2.22 bits per heavy atom. The van der Waals surface area contributed by atoms with Crippen LogP contribution >= 0.6 is 27.0 Å². The highest BCUT2D eigenvalue weighted by atomic mass is 32.2. The standard InChI is InChI=1S/C18H28O3S.C5H13NO6P2S/c1-3-4-5-6-7-8-11-22(19)15(2)12-16-9-10-17-18(13-16)21-14-20-17;7-13(8,9)5(14(10,11)12)6-1-3-15-4-2-6/h9-10,13,15H,3-8,11-12,14H2,1-2H3;5H,1-4H2,(H2,7,8,9)(H2,10,11,12). The number of ether oxygens (including phenoxy) is 2. The van der Waals surface area contributed by atoms with Crippen molar-refractivity contribution in [1.29, 1.82) is 0 Å². The van der Waals surface area contributed by atoms with Crippen molar-refractivity contribution in [3.63, 3.8) is 0 Å². The van der Waals surface area contributed by atoms with Crippen LogP contribution in [0.25, 0.3) is 0 Å². The summed E-state index contributed by atoms with van der Waals surface area (Å²) < 4.78 is 45.1. The van der Waals surface area contributed by atoms with Crippen LogP contribution in [0.4, 0.5) is 0 Å². The zero-order chi connectivity index (χ0) is 27.5. The summed E-state index contributed by atoms with van der Waals surface area (Å²) in [4.78, 5) is 36.9. The predicted molar refractivity (Wildman–Crippen MR) is 149 cm³/mol. The van der Waals surface area contributed by atoms with E-state index in [-0.39, 0.29) is 18.3 Å². The van der Waals surface area contributed by atoms with Crippen LogP contribution in [0, 0.1) is 0 Å². The monoisotopic (exact) mass is 601 g/mol. The highest BCUT2D eigenvalue weighted by Gasteiger charge is 2.47. The molecule has 1 fully saturated rings. The maximum absolute atomic E-state index is 12.3. The second-order valence-electron chi connectivity index (χ2n) is 9.23. The predicted octanol–water partition coefficient (Wildman–Crippen LogP) is 4.13. The molecule has 10 nitrogen and oxygen atoms in total. The Labute approximate surface area is 227 Å². The molecule has 0 saturated carbocycles. The van der Waals surface area contributed by atoms with Crippen LogP contribution in [0.15, 0.2) is 18.2 Å². The first-order chi connectivity index (χ1) is 17.4. The molecule has 0 radical (unpaired) electrons. The maximum Gasteiger partial charge on any atom is 0.354 e. The van der Waals surface area contributed by atoms with Crippen molar-refractivity contribution in [2.75, 3.05) is 37.1 Å². The molecular formula is C23H41NO9P2S2. The van der Waals surface area contributed by atoms with E-state index in [0.29, 0.717) is 18.3 Å². The van der Waals surface area contributed by atoms with Crippen molar-refractivity contribution < 1.29 is 42.7 Å². The summed E-state index contributed by atoms with van der Waals surface area (Å²) in [5.74, 6) is 3.70. The Kier molecular flexibility index (Phi) is 14.3. The van der Waals surface area contributed by atoms with Gasteiger partial charge in [-0.3, -0.25) is 14.0 Å². The van der Waals surface area contributed by atoms with Gasteiger partial charge in [0.25, 0.3) is 0 Å². The Balaban J connectivity index is 0.000000281. The number of benzene rings is 1. The highest BCUT2D eigenvalue weighted by Crippen LogP contribution is 2.61. The minimum absolute atomic E-state index is 0.191. The van der Waals surface area contributed by atoms with Crippen molar-refractivity contribution >= 4 is 38.1 Å². The van der Waals surface area contributed by atoms with E-state index in [1.165, 1.54) is 42.6 Å². The van der Waals surface area contributed by atoms with Gasteiger partial charge in [0, 0.05) is 31.0 Å². The van der Waals surface area contributed by atoms with Crippen LogP contribution in [-0.4, -0.2) is 76.9 Å². The van der Waals surface area contributed by atoms with Gasteiger partial charge in [0.2, 0.25) is 12.3 Å². The summed E-state index contributed by atoms with van der Waals surface area (Å²) in [7, 11) is -9.62. The molecule has 2 atom stereocenters. The summed E-state index contributed by atoms with van der Waals surface area (Å²) in [5, 5.41) is 0.191. The zero-order valence-corrected chi connectivity index (χ0v) is 25.0. The number of thioether (sulfide) groups is 1. The van der Waals surface area contributed by atoms with Crippen molar-refractivity contribution in [2.45, 2.75) is 69.6 Å². The van der Waals surface area contributed by atoms with Gasteiger partial charge < -0.3 is 33.6 Å². The fourth-order valence-electron chi connectivity index (χ4n) is 4.15. The van der Waals surface area contributed by atoms with Crippen molar-refractivity contribution in [1.82, 2.24) is 4.90 Å². The van der Waals surface area contributed by atoms with E-state index in [1.807, 2.05) is 18.2 Å². The average molecular weight is 602 g/mol. The van der Waals surface area contributed by atoms with Gasteiger partial charge in [-0.15, -0.1) is 0 Å². The summed E-state index contributed by atoms with van der Waals surface area (Å²) in [6, 6.07) is 6.01. The minimum atomic E-state index is -4.81. The Hall–Kier alpha value is -0.260. The highest BCUT2D eigenvalue weighted by molar-refractivity contribution is 7.99. The van der Waals surface area contributed by atoms with Gasteiger partial charge in [-0.2, -0.15) is 11.8 Å². The van der Waals surface area contributed by atoms with E-state index in [2.05, 4.69) is 13.8 Å². The molecule has 3 rings (SSSR count). The molecule has 1 aromatic rings. The third kappa shape index (κ3) is 11.8. The van der Waals surface area contributed by atoms with E-state index < -0.39 is 31.9 Å². The molecule has 1 aromatic carbocycles. The summed E-state index contributed by atoms with van der Waals surface area (Å²) >= 11 is 0.847. The first-order valence-electron chi connectivity index (χ1n) is 12.6. The van der Waals surface area contributed by atoms with E-state index >= 15 is 0 Å². The summed E-state index contributed by atoms with van der Waals surface area (Å²) in [5.41, 5.74) is -0.807. The number of unbranched alkanes of at least 4 members (excludes halogenated alkanes) is 5. The van der Waals surface area contributed by atoms with Crippen molar-refractivity contribution in [2.24, 2.45) is 0 Å². The number of hydrogen-bond donors (Lipinski definition) is 4. The fraction of sp³-hybridized carbons (Fsp3) is 0.739. The van der Waals surface area contributed by atoms with Crippen LogP contribution in [-0.2, 0) is 26.7 Å². The molecule has 214 valence electrons. The van der Waals surface area contributed by atoms with Crippen LogP contribution in [0.3, 0.4) is 0 Å². The van der Waals surface area contributed by atoms with E-state index in [9.17, 15) is 13.7 Å². The molecule has 2 heterocycles. The third-order valence-electron chi connectivity index (χ3n) is 6.08. The largest absolute Gasteiger partial charge is 0.616 e. The quantitative estimate of drug-likeness (QED) is 0.146. The molecule has 0 amide bonds. The summed E-state index contributed by atoms with van der Waals surface area (Å²) in [6.07, 6.45) is 8.32. The third-order valence-corrected chi connectivity index (χ3v) is 12.4. The molecule has 2 unspecified atom stereocenters. The normalized spacial score (nSPS) is 17.8. The molecule has 37 heavy (non-hydrogen) atoms. The Morgan fingerprint density at radius 2 is 1.59 bits per heavy atom. The molecule has 2 aliphatic rings. The molecule has 0 spiro atoms. The Bertz CT molecular complexity index is 886. The summed E-state index contributed by atoms with van der Waals surface area (Å²) in [6.45, 7) is 5.18. The van der Waals surface area contributed by atoms with E-state index in [1.54, 1.807) is 11.8 Å². The van der Waals surface area contributed by atoms with Gasteiger partial charge in [0.15, 0.2) is 11.5 Å². The number of rotatable bonds is 13. The fourth-order valence-corrected chi connectivity index (χ4v) is 9.23. The molecule has 0 aromatic heterocycles. The second kappa shape index (κ2) is 16.1. The van der Waals surface area contributed by atoms with Crippen molar-refractivity contribution in [3.8, 4) is 11.5 Å². The molecule has 1 saturated heterocycles. The smallest absolute Gasteiger partial charge is 0.354 e. The zero-order valence-electron chi connectivity index (χ0n) is 21.6. The number of nitrogens with zero attached hydrogens (tertiary/aromatic N) is 1. The molecular weight excluding hydrogens is 560 g/mol. The average Bonchev–Trinajstić information content (AvgIpc) is 3.28. The maximum atomic E-state index is 12.3. The van der Waals surface area contributed by atoms with E-state index in [0.717, 1.165) is 30.1 Å². The van der Waals surface area contributed by atoms with Gasteiger partial charge in [-0.1, -0.05) is 49.8 Å². The number of hydrogen-bond acceptors (Lipinski definition) is 7. The van der Waals surface area contributed by atoms with E-state index in [4.69, 9.17) is 29.0 Å². The molecule has 4 N–H and O–H groups in total. The first kappa shape index (κ1) is 32.9. The van der Waals surface area contributed by atoms with Crippen molar-refractivity contribution in [3.05, 3.63) is 23.8 Å². The molecule has 14 heteroatoms. The minimum Gasteiger partial charge on any atom is -0.616 e. The lowest BCUT2D eigenvalue weighted by Crippen LogP contribution is -2.40. The lowest BCUT2D eigenvalue weighted by molar-refractivity contribution is 0.174. The number of fused-ring (bicyclic) bond motifs is 1. The van der Waals surface area contributed by atoms with Gasteiger partial charge in [0.05, 0.1) is 0 Å². The van der Waals surface area contributed by atoms with Gasteiger partial charge in [-0.05, 0) is 37.5 Å². The topological polar surface area (TPSA) is 160 Å². The van der Waals surface area contributed by atoms with Gasteiger partial charge in [0.1, 0.15) is 11.0 Å². The molecule has 2 aliphatic heterocycles. The van der Waals surface area contributed by atoms with Gasteiger partial charge in [-0.25, -0.2) is 0 Å². The van der Waals surface area contributed by atoms with Crippen LogP contribution < -0.4 is 9.47 Å². The van der Waals surface area contributed by atoms with Crippen LogP contribution in [0.2, 0.25) is 0 Å².